The van der Waals surface area contributed by atoms with E-state index in [1.54, 1.807) is 6.08 Å². The van der Waals surface area contributed by atoms with E-state index >= 15 is 0 Å². The fraction of sp³-hybridized carbons (Fsp3) is 0.847. The van der Waals surface area contributed by atoms with Crippen molar-refractivity contribution in [3.63, 3.8) is 0 Å². The molecule has 3 unspecified atom stereocenters. The molecule has 8 nitrogen and oxygen atoms in total. The highest BCUT2D eigenvalue weighted by Gasteiger charge is 2.28. The summed E-state index contributed by atoms with van der Waals surface area (Å²) in [6.45, 7) is 4.82. The monoisotopic (exact) mass is 1160 g/mol. The maximum Gasteiger partial charge on any atom is 0.472 e. The van der Waals surface area contributed by atoms with Crippen LogP contribution in [0.4, 0.5) is 0 Å². The predicted molar refractivity (Wildman–Crippen MR) is 355 cm³/mol. The second kappa shape index (κ2) is 62.7. The van der Waals surface area contributed by atoms with Crippen LogP contribution in [-0.2, 0) is 18.4 Å². The lowest BCUT2D eigenvalue weighted by Gasteiger charge is -2.25. The number of unbranched alkanes of at least 4 members (excludes halogenated alkanes) is 44. The molecular formula is C72H138N2O6P+. The lowest BCUT2D eigenvalue weighted by atomic mass is 10.0. The van der Waals surface area contributed by atoms with Crippen LogP contribution in [0.2, 0.25) is 0 Å². The van der Waals surface area contributed by atoms with Gasteiger partial charge in [0.15, 0.2) is 0 Å². The molecule has 0 aromatic rings. The van der Waals surface area contributed by atoms with Crippen LogP contribution in [0.5, 0.6) is 0 Å². The number of quaternary nitrogens is 1. The van der Waals surface area contributed by atoms with Crippen molar-refractivity contribution < 1.29 is 32.9 Å². The van der Waals surface area contributed by atoms with E-state index in [9.17, 15) is 19.4 Å². The summed E-state index contributed by atoms with van der Waals surface area (Å²) in [5.74, 6) is -0.185. The van der Waals surface area contributed by atoms with E-state index in [0.717, 1.165) is 51.4 Å². The standard InChI is InChI=1S/C72H137N2O6P/c1-6-8-10-12-14-16-18-20-22-24-26-28-30-31-32-33-34-35-36-37-38-39-40-41-42-43-44-46-48-50-52-54-56-58-60-62-64-66-72(76)73-70(69-80-81(77,78)79-68-67-74(3,4)5)71(75)65-63-61-59-57-55-53-51-49-47-45-29-27-25-23-21-19-17-15-13-11-9-7-2/h18,20,24,26,47,49,55,57,63,65,70-71,75H,6-17,19,21-23,25,27-46,48,50-54,56,58-62,64,66-69H2,1-5H3,(H-,73,76,77,78)/p+1/b20-18-,26-24-,49-47+,57-55+,65-63+. The summed E-state index contributed by atoms with van der Waals surface area (Å²) < 4.78 is 23.8. The van der Waals surface area contributed by atoms with Gasteiger partial charge < -0.3 is 19.8 Å². The van der Waals surface area contributed by atoms with Crippen molar-refractivity contribution in [2.24, 2.45) is 0 Å². The Hall–Kier alpha value is -1.80. The Balaban J connectivity index is 4.02. The van der Waals surface area contributed by atoms with Crippen molar-refractivity contribution in [1.82, 2.24) is 5.32 Å². The van der Waals surface area contributed by atoms with E-state index in [4.69, 9.17) is 9.05 Å². The van der Waals surface area contributed by atoms with Gasteiger partial charge in [0.05, 0.1) is 39.9 Å². The Kier molecular flexibility index (Phi) is 61.3. The molecule has 3 N–H and O–H groups in total. The van der Waals surface area contributed by atoms with Gasteiger partial charge in [0.25, 0.3) is 0 Å². The minimum atomic E-state index is -4.36. The van der Waals surface area contributed by atoms with Gasteiger partial charge in [-0.15, -0.1) is 0 Å². The SMILES string of the molecule is CCCCCCC/C=C\C/C=C\CCCCCCCCCCCCCCCCCCCCCCCCCCCC(=O)NC(COP(=O)(O)OCC[N+](C)(C)C)C(O)/C=C/CC/C=C/CC/C=C/CCCCCCCCCCCCCC. The number of amides is 1. The maximum absolute atomic E-state index is 13.0. The normalized spacial score (nSPS) is 14.0. The molecule has 3 atom stereocenters. The smallest absolute Gasteiger partial charge is 0.387 e. The molecule has 0 bridgehead atoms. The number of nitrogens with zero attached hydrogens (tertiary/aromatic N) is 1. The number of allylic oxidation sites excluding steroid dienone is 9. The van der Waals surface area contributed by atoms with Crippen LogP contribution in [0, 0.1) is 0 Å². The second-order valence-corrected chi connectivity index (χ2v) is 26.7. The molecule has 1 amide bonds. The summed E-state index contributed by atoms with van der Waals surface area (Å²) in [6, 6.07) is -0.871. The van der Waals surface area contributed by atoms with Gasteiger partial charge in [-0.1, -0.05) is 319 Å². The largest absolute Gasteiger partial charge is 0.472 e. The summed E-state index contributed by atoms with van der Waals surface area (Å²) in [6.07, 6.45) is 86.7. The first-order valence-electron chi connectivity index (χ1n) is 35.2. The number of nitrogens with one attached hydrogen (secondary N) is 1. The lowest BCUT2D eigenvalue weighted by molar-refractivity contribution is -0.870. The highest BCUT2D eigenvalue weighted by atomic mass is 31.2. The molecule has 0 aromatic carbocycles. The summed E-state index contributed by atoms with van der Waals surface area (Å²) in [7, 11) is 1.56. The third kappa shape index (κ3) is 65.6. The molecule has 0 aliphatic heterocycles. The second-order valence-electron chi connectivity index (χ2n) is 25.2. The molecular weight excluding hydrogens is 1020 g/mol. The van der Waals surface area contributed by atoms with Gasteiger partial charge in [-0.2, -0.15) is 0 Å². The molecule has 9 heteroatoms. The van der Waals surface area contributed by atoms with E-state index in [2.05, 4.69) is 67.8 Å². The highest BCUT2D eigenvalue weighted by Crippen LogP contribution is 2.43. The fourth-order valence-electron chi connectivity index (χ4n) is 10.5. The zero-order chi connectivity index (χ0) is 59.1. The minimum Gasteiger partial charge on any atom is -0.387 e. The zero-order valence-corrected chi connectivity index (χ0v) is 55.4. The summed E-state index contributed by atoms with van der Waals surface area (Å²) in [5.41, 5.74) is 0. The molecule has 0 aromatic heterocycles. The summed E-state index contributed by atoms with van der Waals surface area (Å²) >= 11 is 0. The third-order valence-corrected chi connectivity index (χ3v) is 16.9. The van der Waals surface area contributed by atoms with Crippen LogP contribution in [0.3, 0.4) is 0 Å². The van der Waals surface area contributed by atoms with Gasteiger partial charge in [0.2, 0.25) is 5.91 Å². The average molecular weight is 1160 g/mol. The Morgan fingerprint density at radius 1 is 0.420 bits per heavy atom. The summed E-state index contributed by atoms with van der Waals surface area (Å²) in [4.78, 5) is 23.4. The number of aliphatic hydroxyl groups excluding tert-OH is 1. The van der Waals surface area contributed by atoms with E-state index in [1.165, 1.54) is 270 Å². The number of phosphoric ester groups is 1. The number of aliphatic hydroxyl groups is 1. The van der Waals surface area contributed by atoms with E-state index in [0.29, 0.717) is 17.4 Å². The van der Waals surface area contributed by atoms with Crippen LogP contribution in [-0.4, -0.2) is 73.4 Å². The van der Waals surface area contributed by atoms with Crippen molar-refractivity contribution in [2.45, 2.75) is 353 Å². The number of hydrogen-bond acceptors (Lipinski definition) is 5. The third-order valence-electron chi connectivity index (χ3n) is 15.9. The number of hydrogen-bond donors (Lipinski definition) is 3. The zero-order valence-electron chi connectivity index (χ0n) is 54.5. The van der Waals surface area contributed by atoms with Crippen LogP contribution in [0.1, 0.15) is 341 Å². The van der Waals surface area contributed by atoms with E-state index < -0.39 is 20.0 Å². The van der Waals surface area contributed by atoms with Crippen LogP contribution < -0.4 is 5.32 Å². The first kappa shape index (κ1) is 79.2. The molecule has 0 heterocycles. The molecule has 0 spiro atoms. The van der Waals surface area contributed by atoms with Crippen molar-refractivity contribution in [3.8, 4) is 0 Å². The van der Waals surface area contributed by atoms with Crippen LogP contribution in [0.15, 0.2) is 60.8 Å². The topological polar surface area (TPSA) is 105 Å². The van der Waals surface area contributed by atoms with E-state index in [1.807, 2.05) is 27.2 Å². The maximum atomic E-state index is 13.0. The molecule has 0 saturated carbocycles. The Morgan fingerprint density at radius 2 is 0.716 bits per heavy atom. The molecule has 0 aliphatic rings. The molecule has 476 valence electrons. The van der Waals surface area contributed by atoms with Gasteiger partial charge in [-0.3, -0.25) is 13.8 Å². The quantitative estimate of drug-likeness (QED) is 0.0243. The lowest BCUT2D eigenvalue weighted by Crippen LogP contribution is -2.45. The summed E-state index contributed by atoms with van der Waals surface area (Å²) in [5, 5.41) is 14.0. The number of carbonyl (C=O) groups excluding carboxylic acids is 1. The van der Waals surface area contributed by atoms with Crippen molar-refractivity contribution in [2.75, 3.05) is 40.9 Å². The van der Waals surface area contributed by atoms with Crippen molar-refractivity contribution >= 4 is 13.7 Å². The van der Waals surface area contributed by atoms with Crippen LogP contribution in [0.25, 0.3) is 0 Å². The molecule has 0 fully saturated rings. The van der Waals surface area contributed by atoms with Gasteiger partial charge in [-0.25, -0.2) is 4.57 Å². The van der Waals surface area contributed by atoms with Crippen LogP contribution >= 0.6 is 7.82 Å². The van der Waals surface area contributed by atoms with Gasteiger partial charge in [0.1, 0.15) is 13.2 Å². The predicted octanol–water partition coefficient (Wildman–Crippen LogP) is 22.4. The average Bonchev–Trinajstić information content (AvgIpc) is 3.43. The molecule has 0 rings (SSSR count). The fourth-order valence-corrected chi connectivity index (χ4v) is 11.2. The molecule has 0 radical (unpaired) electrons. The van der Waals surface area contributed by atoms with E-state index in [-0.39, 0.29) is 19.1 Å². The minimum absolute atomic E-state index is 0.0540. The molecule has 81 heavy (non-hydrogen) atoms. The number of phosphoric acid groups is 1. The Labute approximate surface area is 504 Å². The number of likely N-dealkylation sites (N-methyl/N-ethyl adjacent to an activating group) is 1. The molecule has 0 saturated heterocycles. The Morgan fingerprint density at radius 3 is 1.06 bits per heavy atom. The first-order chi connectivity index (χ1) is 39.5. The highest BCUT2D eigenvalue weighted by molar-refractivity contribution is 7.47. The number of carbonyl (C=O) groups is 1. The Bertz CT molecular complexity index is 1500. The van der Waals surface area contributed by atoms with Crippen molar-refractivity contribution in [1.29, 1.82) is 0 Å². The number of rotatable bonds is 65. The van der Waals surface area contributed by atoms with Gasteiger partial charge in [-0.05, 0) is 77.0 Å². The van der Waals surface area contributed by atoms with Gasteiger partial charge in [0, 0.05) is 6.42 Å². The van der Waals surface area contributed by atoms with Crippen molar-refractivity contribution in [3.05, 3.63) is 60.8 Å². The molecule has 0 aliphatic carbocycles. The van der Waals surface area contributed by atoms with Gasteiger partial charge >= 0.3 is 7.82 Å². The first-order valence-corrected chi connectivity index (χ1v) is 36.7.